The summed E-state index contributed by atoms with van der Waals surface area (Å²) in [6.07, 6.45) is 12.3. The van der Waals surface area contributed by atoms with Crippen molar-refractivity contribution in [3.05, 3.63) is 60.7 Å². The Labute approximate surface area is 230 Å². The van der Waals surface area contributed by atoms with Gasteiger partial charge in [0.05, 0.1) is 6.10 Å². The summed E-state index contributed by atoms with van der Waals surface area (Å²) in [6.45, 7) is 13.3. The fraction of sp³-hybridized carbons (Fsp3) is 0.607. The Hall–Kier alpha value is 0.0643. The molecule has 5 aliphatic rings. The number of hydrogen-bond donors (Lipinski definition) is 1. The number of fused-ring (bicyclic) bond motifs is 5. The van der Waals surface area contributed by atoms with Gasteiger partial charge in [-0.25, -0.2) is 0 Å². The van der Waals surface area contributed by atoms with Gasteiger partial charge in [-0.1, -0.05) is 41.5 Å². The molecule has 0 unspecified atom stereocenters. The molecule has 1 N–H and O–H groups in total. The zero-order valence-electron chi connectivity index (χ0n) is 22.1. The topological polar surface area (TPSA) is 37.3 Å². The molecule has 0 aromatic rings. The van der Waals surface area contributed by atoms with Gasteiger partial charge in [0.2, 0.25) is 0 Å². The van der Waals surface area contributed by atoms with Crippen molar-refractivity contribution < 1.29 is 47.3 Å². The van der Waals surface area contributed by atoms with Crippen molar-refractivity contribution in [2.75, 3.05) is 0 Å². The molecule has 0 amide bonds. The Kier molecular flexibility index (Phi) is 11.2. The van der Waals surface area contributed by atoms with Gasteiger partial charge in [-0.3, -0.25) is 4.79 Å². The molecule has 5 fully saturated rings. The molecule has 0 aromatic heterocycles. The molecule has 0 saturated heterocycles. The molecule has 0 bridgehead atoms. The average molecular weight is 686 g/mol. The maximum atomic E-state index is 11.5. The number of carbonyl (C=O) groups is 1. The van der Waals surface area contributed by atoms with Crippen molar-refractivity contribution in [2.45, 2.75) is 86.2 Å². The average Bonchev–Trinajstić information content (AvgIpc) is 3.17. The summed E-state index contributed by atoms with van der Waals surface area (Å²) in [4.78, 5) is 11.5. The summed E-state index contributed by atoms with van der Waals surface area (Å²) in [5, 5.41) is 10.4. The van der Waals surface area contributed by atoms with Gasteiger partial charge in [0.15, 0.2) is 0 Å². The van der Waals surface area contributed by atoms with E-state index >= 15 is 0 Å². The Balaban J connectivity index is 0.000000241. The van der Waals surface area contributed by atoms with Crippen molar-refractivity contribution >= 4 is 13.0 Å². The number of Topliss-reactive ketones (excluding diaryl/α,β-unsaturated/α-hetero) is 1. The van der Waals surface area contributed by atoms with E-state index in [9.17, 15) is 27.2 Å². The number of hydrogen-bond acceptors (Lipinski definition) is 2. The van der Waals surface area contributed by atoms with E-state index in [1.165, 1.54) is 60.7 Å². The molecule has 0 aromatic carbocycles. The van der Waals surface area contributed by atoms with E-state index in [0.717, 1.165) is 25.2 Å². The molecule has 5 rings (SSSR count). The normalized spacial score (nSPS) is 37.1. The van der Waals surface area contributed by atoms with E-state index in [2.05, 4.69) is 48.0 Å². The third-order valence-electron chi connectivity index (χ3n) is 9.46. The predicted molar refractivity (Wildman–Crippen MR) is 131 cm³/mol. The van der Waals surface area contributed by atoms with E-state index in [1.54, 1.807) is 6.42 Å². The van der Waals surface area contributed by atoms with Gasteiger partial charge in [-0.15, -0.1) is 0 Å². The monoisotopic (exact) mass is 686 g/mol. The summed E-state index contributed by atoms with van der Waals surface area (Å²) >= 11 is 0. The Morgan fingerprint density at radius 3 is 1.86 bits per heavy atom. The van der Waals surface area contributed by atoms with Gasteiger partial charge in [0, 0.05) is 12.8 Å². The summed E-state index contributed by atoms with van der Waals surface area (Å²) in [5.41, 5.74) is 0.150. The first-order valence-corrected chi connectivity index (χ1v) is 12.7. The molecule has 36 heavy (non-hydrogen) atoms. The van der Waals surface area contributed by atoms with Crippen LogP contribution in [0.3, 0.4) is 0 Å². The summed E-state index contributed by atoms with van der Waals surface area (Å²) in [6, 6.07) is 0. The molecule has 200 valence electrons. The van der Waals surface area contributed by atoms with Crippen LogP contribution < -0.4 is 0 Å². The standard InChI is InChI=1S/C18H23O2.C10H15.BF4.Ir/c1-18-9-8-14-13-5-3-12(19)10-11(13)2-4-15(14)16(18)6-7-17(18)20;1-6-7(2)9(4)10(5)8(6)3;2-1(3,4)5;/h3,5,10,14-17,20H,2,4,6-9H2,1H3;1-5H3;;/q;;-1;+3/t14-,15-,16+,17+,18+;;;/m1.../s1. The van der Waals surface area contributed by atoms with Crippen LogP contribution in [0.2, 0.25) is 0 Å². The number of aliphatic hydroxyl groups excluding tert-OH is 1. The van der Waals surface area contributed by atoms with Crippen molar-refractivity contribution in [1.82, 2.24) is 0 Å². The smallest absolute Gasteiger partial charge is 0.418 e. The summed E-state index contributed by atoms with van der Waals surface area (Å²) < 4.78 is 39.0. The first-order valence-electron chi connectivity index (χ1n) is 12.7. The molecule has 0 aliphatic heterocycles. The Morgan fingerprint density at radius 2 is 1.36 bits per heavy atom. The molecular formula is C28H38BF4IrO2+2. The maximum Gasteiger partial charge on any atom is 3.00 e. The number of aliphatic hydroxyl groups is 1. The van der Waals surface area contributed by atoms with Crippen LogP contribution in [0, 0.1) is 83.9 Å². The fourth-order valence-corrected chi connectivity index (χ4v) is 6.94. The minimum Gasteiger partial charge on any atom is -0.418 e. The molecule has 5 aliphatic carbocycles. The van der Waals surface area contributed by atoms with Crippen LogP contribution in [0.4, 0.5) is 17.3 Å². The first kappa shape index (κ1) is 32.3. The van der Waals surface area contributed by atoms with E-state index in [0.29, 0.717) is 11.8 Å². The fourth-order valence-electron chi connectivity index (χ4n) is 6.94. The minimum atomic E-state index is -6.00. The van der Waals surface area contributed by atoms with Crippen molar-refractivity contribution in [3.8, 4) is 0 Å². The van der Waals surface area contributed by atoms with E-state index in [1.807, 2.05) is 6.42 Å². The largest absolute Gasteiger partial charge is 3.00 e. The Morgan fingerprint density at radius 1 is 0.861 bits per heavy atom. The third-order valence-corrected chi connectivity index (χ3v) is 9.46. The van der Waals surface area contributed by atoms with E-state index < -0.39 is 7.25 Å². The van der Waals surface area contributed by atoms with Crippen molar-refractivity contribution in [3.63, 3.8) is 0 Å². The van der Waals surface area contributed by atoms with Gasteiger partial charge in [-0.05, 0) is 110 Å². The van der Waals surface area contributed by atoms with E-state index in [-0.39, 0.29) is 37.4 Å². The zero-order chi connectivity index (χ0) is 26.3. The molecule has 0 spiro atoms. The van der Waals surface area contributed by atoms with E-state index in [4.69, 9.17) is 0 Å². The first-order chi connectivity index (χ1) is 16.1. The third kappa shape index (κ3) is 6.98. The second-order valence-electron chi connectivity index (χ2n) is 11.0. The SMILES string of the molecule is C[C@]12CC[C@@H]3[C]4[CH][CH]C(=O)[CH][C]4CC[C@H]3[C@@H]1CC[C@@H]2O.C[C]1[C](C)[C](C)[C](C)[C]1C.F[B-](F)(F)F.[Ir+3]. The molecule has 8 heteroatoms. The number of halogens is 4. The summed E-state index contributed by atoms with van der Waals surface area (Å²) in [7, 11) is -6.00. The van der Waals surface area contributed by atoms with Crippen molar-refractivity contribution in [2.24, 2.45) is 23.2 Å². The second-order valence-corrected chi connectivity index (χ2v) is 11.0. The molecule has 0 heterocycles. The second kappa shape index (κ2) is 12.5. The molecule has 2 nitrogen and oxygen atoms in total. The quantitative estimate of drug-likeness (QED) is 0.217. The summed E-state index contributed by atoms with van der Waals surface area (Å²) in [5.74, 6) is 12.2. The Bertz CT molecular complexity index is 686. The van der Waals surface area contributed by atoms with Gasteiger partial charge in [0.1, 0.15) is 5.78 Å². The zero-order valence-corrected chi connectivity index (χ0v) is 24.5. The van der Waals surface area contributed by atoms with Crippen LogP contribution >= 0.6 is 0 Å². The van der Waals surface area contributed by atoms with Gasteiger partial charge >= 0.3 is 27.4 Å². The van der Waals surface area contributed by atoms with Gasteiger partial charge in [-0.2, -0.15) is 0 Å². The van der Waals surface area contributed by atoms with Gasteiger partial charge < -0.3 is 22.4 Å². The van der Waals surface area contributed by atoms with Crippen LogP contribution in [0.1, 0.15) is 80.1 Å². The van der Waals surface area contributed by atoms with Crippen LogP contribution in [-0.2, 0) is 24.9 Å². The molecule has 5 atom stereocenters. The minimum absolute atomic E-state index is 0. The van der Waals surface area contributed by atoms with Crippen LogP contribution in [0.5, 0.6) is 0 Å². The van der Waals surface area contributed by atoms with Crippen LogP contribution in [0.25, 0.3) is 0 Å². The van der Waals surface area contributed by atoms with Crippen LogP contribution in [0.15, 0.2) is 0 Å². The van der Waals surface area contributed by atoms with Gasteiger partial charge in [0.25, 0.3) is 0 Å². The number of ketones is 1. The number of rotatable bonds is 0. The van der Waals surface area contributed by atoms with Crippen molar-refractivity contribution in [1.29, 1.82) is 0 Å². The van der Waals surface area contributed by atoms with Crippen LogP contribution in [-0.4, -0.2) is 24.2 Å². The number of carbonyl (C=O) groups excluding carboxylic acids is 1. The maximum absolute atomic E-state index is 11.5. The molecule has 10 radical (unpaired) electrons. The molecule has 5 saturated carbocycles. The molecular weight excluding hydrogens is 647 g/mol. The predicted octanol–water partition coefficient (Wildman–Crippen LogP) is 7.20.